The zero-order valence-electron chi connectivity index (χ0n) is 7.71. The van der Waals surface area contributed by atoms with Gasteiger partial charge in [-0.05, 0) is 6.08 Å². The molecule has 2 bridgehead atoms. The van der Waals surface area contributed by atoms with Crippen LogP contribution in [0.5, 0.6) is 11.9 Å². The smallest absolute Gasteiger partial charge is 0.329 e. The van der Waals surface area contributed by atoms with Crippen LogP contribution in [-0.2, 0) is 15.2 Å². The molecule has 0 aliphatic carbocycles. The van der Waals surface area contributed by atoms with Gasteiger partial charge in [-0.2, -0.15) is 4.98 Å². The molecule has 84 valence electrons. The summed E-state index contributed by atoms with van der Waals surface area (Å²) in [6.07, 6.45) is 2.17. The number of fused-ring (bicyclic) bond motifs is 2. The van der Waals surface area contributed by atoms with Gasteiger partial charge in [0.05, 0.1) is 6.20 Å². The monoisotopic (exact) mass is 243 g/mol. The van der Waals surface area contributed by atoms with Gasteiger partial charge in [0.15, 0.2) is 0 Å². The van der Waals surface area contributed by atoms with Gasteiger partial charge < -0.3 is 13.7 Å². The van der Waals surface area contributed by atoms with Gasteiger partial charge in [-0.25, -0.2) is 4.98 Å². The molecule has 1 aromatic rings. The van der Waals surface area contributed by atoms with Gasteiger partial charge in [0.1, 0.15) is 5.69 Å². The molecule has 1 aliphatic heterocycles. The van der Waals surface area contributed by atoms with E-state index in [-0.39, 0.29) is 17.6 Å². The van der Waals surface area contributed by atoms with Crippen LogP contribution in [0.1, 0.15) is 0 Å². The molecule has 1 amide bonds. The van der Waals surface area contributed by atoms with Crippen molar-refractivity contribution >= 4 is 22.0 Å². The summed E-state index contributed by atoms with van der Waals surface area (Å²) >= 11 is 0. The average molecular weight is 243 g/mol. The molecule has 0 spiro atoms. The quantitative estimate of drug-likeness (QED) is 0.705. The summed E-state index contributed by atoms with van der Waals surface area (Å²) in [4.78, 5) is 18.1. The van der Waals surface area contributed by atoms with E-state index < -0.39 is 16.3 Å². The molecule has 16 heavy (non-hydrogen) atoms. The van der Waals surface area contributed by atoms with Crippen molar-refractivity contribution in [1.82, 2.24) is 9.97 Å². The van der Waals surface area contributed by atoms with Gasteiger partial charge >= 0.3 is 16.4 Å². The minimum Gasteiger partial charge on any atom is -0.329 e. The lowest BCUT2D eigenvalue weighted by molar-refractivity contribution is -0.111. The van der Waals surface area contributed by atoms with E-state index in [1.807, 2.05) is 0 Å². The van der Waals surface area contributed by atoms with Crippen LogP contribution in [0.25, 0.3) is 0 Å². The minimum absolute atomic E-state index is 0.0144. The highest BCUT2D eigenvalue weighted by molar-refractivity contribution is 7.82. The number of nitrogens with one attached hydrogen (secondary N) is 1. The van der Waals surface area contributed by atoms with Gasteiger partial charge in [-0.1, -0.05) is 6.58 Å². The summed E-state index contributed by atoms with van der Waals surface area (Å²) in [6, 6.07) is -0.363. The Bertz CT molecular complexity index is 567. The first-order chi connectivity index (χ1) is 7.50. The average Bonchev–Trinajstić information content (AvgIpc) is 2.20. The maximum absolute atomic E-state index is 11.0. The van der Waals surface area contributed by atoms with Crippen LogP contribution >= 0.6 is 0 Å². The van der Waals surface area contributed by atoms with E-state index >= 15 is 0 Å². The Hall–Kier alpha value is -2.16. The van der Waals surface area contributed by atoms with Crippen molar-refractivity contribution in [3.05, 3.63) is 18.9 Å². The second kappa shape index (κ2) is 3.45. The van der Waals surface area contributed by atoms with E-state index in [2.05, 4.69) is 30.2 Å². The first kappa shape index (κ1) is 10.4. The van der Waals surface area contributed by atoms with E-state index in [9.17, 15) is 13.2 Å². The van der Waals surface area contributed by atoms with E-state index in [1.54, 1.807) is 0 Å². The molecule has 0 unspecified atom stereocenters. The maximum atomic E-state index is 11.0. The third-order valence-corrected chi connectivity index (χ3v) is 2.25. The van der Waals surface area contributed by atoms with Crippen molar-refractivity contribution < 1.29 is 21.6 Å². The molecule has 0 saturated carbocycles. The first-order valence-electron chi connectivity index (χ1n) is 3.94. The van der Waals surface area contributed by atoms with E-state index in [1.165, 1.54) is 0 Å². The third-order valence-electron chi connectivity index (χ3n) is 1.53. The molecule has 2 heterocycles. The Balaban J connectivity index is 2.38. The molecular weight excluding hydrogens is 238 g/mol. The number of hydrogen-bond acceptors (Lipinski definition) is 7. The molecule has 8 nitrogen and oxygen atoms in total. The summed E-state index contributed by atoms with van der Waals surface area (Å²) in [6.45, 7) is 3.24. The summed E-state index contributed by atoms with van der Waals surface area (Å²) in [5, 5.41) is 2.28. The van der Waals surface area contributed by atoms with Crippen LogP contribution in [0.15, 0.2) is 18.9 Å². The Kier molecular flexibility index (Phi) is 2.23. The highest BCUT2D eigenvalue weighted by atomic mass is 32.3. The molecule has 1 aromatic heterocycles. The van der Waals surface area contributed by atoms with Gasteiger partial charge in [-0.15, -0.1) is 8.42 Å². The normalized spacial score (nSPS) is 15.5. The second-order valence-corrected chi connectivity index (χ2v) is 3.79. The summed E-state index contributed by atoms with van der Waals surface area (Å²) in [5.41, 5.74) is 0.0144. The van der Waals surface area contributed by atoms with Gasteiger partial charge in [0.2, 0.25) is 5.91 Å². The summed E-state index contributed by atoms with van der Waals surface area (Å²) in [7, 11) is -4.20. The standard InChI is InChI=1S/C7H5N3O5S/c1-2-5(11)9-4-3-8-7-10-6(4)14-16(12,13)15-7/h2-3H,1H2,(H,9,11). The Labute approximate surface area is 90.3 Å². The molecule has 2 rings (SSSR count). The highest BCUT2D eigenvalue weighted by Crippen LogP contribution is 2.28. The van der Waals surface area contributed by atoms with E-state index in [0.29, 0.717) is 0 Å². The van der Waals surface area contributed by atoms with Crippen molar-refractivity contribution in [3.8, 4) is 11.9 Å². The molecule has 1 N–H and O–H groups in total. The second-order valence-electron chi connectivity index (χ2n) is 2.64. The number of rotatable bonds is 2. The lowest BCUT2D eigenvalue weighted by atomic mass is 10.4. The number of aromatic nitrogens is 2. The fourth-order valence-electron chi connectivity index (χ4n) is 0.929. The number of nitrogens with zero attached hydrogens (tertiary/aromatic N) is 2. The summed E-state index contributed by atoms with van der Waals surface area (Å²) < 4.78 is 30.7. The Morgan fingerprint density at radius 1 is 1.50 bits per heavy atom. The molecule has 0 fully saturated rings. The molecule has 1 aliphatic rings. The van der Waals surface area contributed by atoms with E-state index in [0.717, 1.165) is 12.3 Å². The zero-order valence-corrected chi connectivity index (χ0v) is 8.52. The maximum Gasteiger partial charge on any atom is 0.505 e. The van der Waals surface area contributed by atoms with Crippen LogP contribution < -0.4 is 13.7 Å². The van der Waals surface area contributed by atoms with Gasteiger partial charge in [0.25, 0.3) is 5.88 Å². The van der Waals surface area contributed by atoms with Crippen molar-refractivity contribution in [3.63, 3.8) is 0 Å². The fraction of sp³-hybridized carbons (Fsp3) is 0. The van der Waals surface area contributed by atoms with Crippen molar-refractivity contribution in [2.45, 2.75) is 0 Å². The number of anilines is 1. The summed E-state index contributed by atoms with van der Waals surface area (Å²) in [5.74, 6) is -0.841. The topological polar surface area (TPSA) is 107 Å². The number of carbonyl (C=O) groups is 1. The molecule has 0 aromatic carbocycles. The van der Waals surface area contributed by atoms with Gasteiger partial charge in [-0.3, -0.25) is 4.79 Å². The SMILES string of the molecule is C=CC(=O)Nc1cnc2nc1OS(=O)(=O)O2. The predicted octanol–water partition coefficient (Wildman–Crippen LogP) is -0.383. The van der Waals surface area contributed by atoms with Crippen LogP contribution in [0.2, 0.25) is 0 Å². The van der Waals surface area contributed by atoms with Crippen LogP contribution in [-0.4, -0.2) is 24.3 Å². The lowest BCUT2D eigenvalue weighted by Gasteiger charge is -2.14. The number of amides is 1. The Morgan fingerprint density at radius 3 is 2.94 bits per heavy atom. The Morgan fingerprint density at radius 2 is 2.25 bits per heavy atom. The van der Waals surface area contributed by atoms with Crippen LogP contribution in [0.3, 0.4) is 0 Å². The van der Waals surface area contributed by atoms with Crippen molar-refractivity contribution in [2.75, 3.05) is 5.32 Å². The third kappa shape index (κ3) is 1.93. The number of hydrogen-bond donors (Lipinski definition) is 1. The molecular formula is C7H5N3O5S. The minimum atomic E-state index is -4.20. The highest BCUT2D eigenvalue weighted by Gasteiger charge is 2.27. The van der Waals surface area contributed by atoms with Gasteiger partial charge in [0, 0.05) is 0 Å². The largest absolute Gasteiger partial charge is 0.505 e. The van der Waals surface area contributed by atoms with Crippen molar-refractivity contribution in [1.29, 1.82) is 0 Å². The van der Waals surface area contributed by atoms with Crippen molar-refractivity contribution in [2.24, 2.45) is 0 Å². The molecule has 0 atom stereocenters. The molecule has 0 saturated heterocycles. The number of carbonyl (C=O) groups excluding carboxylic acids is 1. The predicted molar refractivity (Wildman–Crippen MR) is 51.0 cm³/mol. The zero-order chi connectivity index (χ0) is 11.8. The molecule has 0 radical (unpaired) electrons. The first-order valence-corrected chi connectivity index (χ1v) is 5.28. The fourth-order valence-corrected chi connectivity index (χ4v) is 1.55. The van der Waals surface area contributed by atoms with E-state index in [4.69, 9.17) is 0 Å². The lowest BCUT2D eigenvalue weighted by Crippen LogP contribution is -2.24. The van der Waals surface area contributed by atoms with Crippen LogP contribution in [0.4, 0.5) is 5.69 Å². The van der Waals surface area contributed by atoms with Crippen LogP contribution in [0, 0.1) is 0 Å². The molecule has 9 heteroatoms.